The molecule has 9 heavy (non-hydrogen) atoms. The first-order chi connectivity index (χ1) is 4.41. The van der Waals surface area contributed by atoms with Gasteiger partial charge in [0, 0.05) is 18.5 Å². The highest BCUT2D eigenvalue weighted by Crippen LogP contribution is 1.89. The van der Waals surface area contributed by atoms with Crippen molar-refractivity contribution in [2.75, 3.05) is 25.2 Å². The standard InChI is InChI=1S/C6H13BrO2/c7-3-6-9-5-2-1-4-8/h8H,1-6H2. The van der Waals surface area contributed by atoms with Gasteiger partial charge in [0.1, 0.15) is 0 Å². The first kappa shape index (κ1) is 9.40. The van der Waals surface area contributed by atoms with Crippen LogP contribution >= 0.6 is 15.9 Å². The van der Waals surface area contributed by atoms with Crippen LogP contribution in [0.3, 0.4) is 0 Å². The van der Waals surface area contributed by atoms with E-state index in [1.165, 1.54) is 0 Å². The fourth-order valence-corrected chi connectivity index (χ4v) is 0.701. The van der Waals surface area contributed by atoms with Gasteiger partial charge in [0.2, 0.25) is 0 Å². The molecular weight excluding hydrogens is 184 g/mol. The summed E-state index contributed by atoms with van der Waals surface area (Å²) in [5, 5.41) is 9.25. The highest BCUT2D eigenvalue weighted by Gasteiger charge is 1.85. The second-order valence-corrected chi connectivity index (χ2v) is 2.53. The molecule has 0 aliphatic rings. The highest BCUT2D eigenvalue weighted by molar-refractivity contribution is 9.09. The van der Waals surface area contributed by atoms with Crippen molar-refractivity contribution in [3.63, 3.8) is 0 Å². The molecule has 0 amide bonds. The lowest BCUT2D eigenvalue weighted by Crippen LogP contribution is -1.98. The molecule has 0 aromatic carbocycles. The Balaban J connectivity index is 2.60. The quantitative estimate of drug-likeness (QED) is 0.511. The number of rotatable bonds is 6. The maximum absolute atomic E-state index is 8.36. The maximum atomic E-state index is 8.36. The molecule has 0 rings (SSSR count). The number of aliphatic hydroxyl groups is 1. The predicted molar refractivity (Wildman–Crippen MR) is 40.9 cm³/mol. The zero-order valence-electron chi connectivity index (χ0n) is 5.48. The van der Waals surface area contributed by atoms with Crippen LogP contribution in [0.5, 0.6) is 0 Å². The van der Waals surface area contributed by atoms with Crippen LogP contribution < -0.4 is 0 Å². The zero-order valence-corrected chi connectivity index (χ0v) is 7.06. The van der Waals surface area contributed by atoms with Crippen LogP contribution in [0, 0.1) is 0 Å². The molecule has 0 spiro atoms. The molecule has 0 bridgehead atoms. The van der Waals surface area contributed by atoms with Gasteiger partial charge in [-0.1, -0.05) is 15.9 Å². The molecule has 0 saturated carbocycles. The smallest absolute Gasteiger partial charge is 0.0563 e. The van der Waals surface area contributed by atoms with Crippen molar-refractivity contribution < 1.29 is 9.84 Å². The van der Waals surface area contributed by atoms with E-state index in [1.807, 2.05) is 0 Å². The minimum absolute atomic E-state index is 0.275. The summed E-state index contributed by atoms with van der Waals surface area (Å²) in [7, 11) is 0. The molecule has 0 aliphatic carbocycles. The molecule has 0 unspecified atom stereocenters. The van der Waals surface area contributed by atoms with Crippen LogP contribution in [0.25, 0.3) is 0 Å². The van der Waals surface area contributed by atoms with Gasteiger partial charge in [0.15, 0.2) is 0 Å². The number of unbranched alkanes of at least 4 members (excludes halogenated alkanes) is 1. The monoisotopic (exact) mass is 196 g/mol. The van der Waals surface area contributed by atoms with Gasteiger partial charge in [-0.25, -0.2) is 0 Å². The third kappa shape index (κ3) is 8.40. The Morgan fingerprint density at radius 3 is 2.56 bits per heavy atom. The largest absolute Gasteiger partial charge is 0.396 e. The number of halogens is 1. The molecule has 1 N–H and O–H groups in total. The predicted octanol–water partition coefficient (Wildman–Crippen LogP) is 1.17. The molecule has 56 valence electrons. The third-order valence-corrected chi connectivity index (χ3v) is 1.24. The summed E-state index contributed by atoms with van der Waals surface area (Å²) in [5.41, 5.74) is 0. The van der Waals surface area contributed by atoms with Gasteiger partial charge in [-0.05, 0) is 12.8 Å². The van der Waals surface area contributed by atoms with Crippen LogP contribution in [0.2, 0.25) is 0 Å². The number of hydrogen-bond acceptors (Lipinski definition) is 2. The average Bonchev–Trinajstić information content (AvgIpc) is 1.89. The van der Waals surface area contributed by atoms with Gasteiger partial charge >= 0.3 is 0 Å². The summed E-state index contributed by atoms with van der Waals surface area (Å²) >= 11 is 3.24. The number of hydrogen-bond donors (Lipinski definition) is 1. The van der Waals surface area contributed by atoms with Crippen LogP contribution in [0.4, 0.5) is 0 Å². The Morgan fingerprint density at radius 2 is 2.00 bits per heavy atom. The second-order valence-electron chi connectivity index (χ2n) is 1.73. The van der Waals surface area contributed by atoms with Crippen molar-refractivity contribution in [3.05, 3.63) is 0 Å². The molecule has 0 atom stereocenters. The average molecular weight is 197 g/mol. The van der Waals surface area contributed by atoms with Gasteiger partial charge in [-0.3, -0.25) is 0 Å². The summed E-state index contributed by atoms with van der Waals surface area (Å²) in [6.45, 7) is 1.81. The summed E-state index contributed by atoms with van der Waals surface area (Å²) < 4.78 is 5.13. The minimum atomic E-state index is 0.275. The van der Waals surface area contributed by atoms with Crippen molar-refractivity contribution >= 4 is 15.9 Å². The molecule has 0 heterocycles. The van der Waals surface area contributed by atoms with E-state index >= 15 is 0 Å². The molecule has 2 nitrogen and oxygen atoms in total. The Labute approximate surface area is 64.3 Å². The molecule has 0 aromatic heterocycles. The fraction of sp³-hybridized carbons (Fsp3) is 1.00. The fourth-order valence-electron chi connectivity index (χ4n) is 0.473. The highest BCUT2D eigenvalue weighted by atomic mass is 79.9. The summed E-state index contributed by atoms with van der Waals surface area (Å²) in [6, 6.07) is 0. The lowest BCUT2D eigenvalue weighted by atomic mass is 10.3. The number of ether oxygens (including phenoxy) is 1. The Kier molecular flexibility index (Phi) is 8.77. The van der Waals surface area contributed by atoms with Crippen LogP contribution in [-0.2, 0) is 4.74 Å². The van der Waals surface area contributed by atoms with E-state index < -0.39 is 0 Å². The van der Waals surface area contributed by atoms with E-state index in [1.54, 1.807) is 0 Å². The molecule has 0 saturated heterocycles. The summed E-state index contributed by atoms with van der Waals surface area (Å²) in [4.78, 5) is 0. The van der Waals surface area contributed by atoms with E-state index in [-0.39, 0.29) is 6.61 Å². The van der Waals surface area contributed by atoms with E-state index in [0.29, 0.717) is 0 Å². The van der Waals surface area contributed by atoms with E-state index in [2.05, 4.69) is 15.9 Å². The van der Waals surface area contributed by atoms with Gasteiger partial charge < -0.3 is 9.84 Å². The van der Waals surface area contributed by atoms with Gasteiger partial charge in [-0.2, -0.15) is 0 Å². The molecule has 3 heteroatoms. The van der Waals surface area contributed by atoms with E-state index in [9.17, 15) is 0 Å². The topological polar surface area (TPSA) is 29.5 Å². The molecule has 0 fully saturated rings. The van der Waals surface area contributed by atoms with Crippen LogP contribution in [0.15, 0.2) is 0 Å². The number of aliphatic hydroxyl groups excluding tert-OH is 1. The maximum Gasteiger partial charge on any atom is 0.0563 e. The van der Waals surface area contributed by atoms with Crippen molar-refractivity contribution in [3.8, 4) is 0 Å². The first-order valence-electron chi connectivity index (χ1n) is 3.16. The van der Waals surface area contributed by atoms with Crippen LogP contribution in [-0.4, -0.2) is 30.3 Å². The molecule has 0 aliphatic heterocycles. The first-order valence-corrected chi connectivity index (χ1v) is 4.28. The second kappa shape index (κ2) is 8.40. The van der Waals surface area contributed by atoms with Crippen molar-refractivity contribution in [2.45, 2.75) is 12.8 Å². The van der Waals surface area contributed by atoms with Crippen molar-refractivity contribution in [1.82, 2.24) is 0 Å². The summed E-state index contributed by atoms with van der Waals surface area (Å²) in [6.07, 6.45) is 1.81. The van der Waals surface area contributed by atoms with Gasteiger partial charge in [0.05, 0.1) is 6.61 Å². The SMILES string of the molecule is OCCCCOCCBr. The zero-order chi connectivity index (χ0) is 6.95. The van der Waals surface area contributed by atoms with Crippen molar-refractivity contribution in [2.24, 2.45) is 0 Å². The van der Waals surface area contributed by atoms with E-state index in [0.717, 1.165) is 31.4 Å². The summed E-state index contributed by atoms with van der Waals surface area (Å²) in [5.74, 6) is 0. The minimum Gasteiger partial charge on any atom is -0.396 e. The Hall–Kier alpha value is 0.400. The van der Waals surface area contributed by atoms with Crippen molar-refractivity contribution in [1.29, 1.82) is 0 Å². The molecular formula is C6H13BrO2. The lowest BCUT2D eigenvalue weighted by Gasteiger charge is -1.98. The van der Waals surface area contributed by atoms with Gasteiger partial charge in [0.25, 0.3) is 0 Å². The number of alkyl halides is 1. The van der Waals surface area contributed by atoms with Crippen LogP contribution in [0.1, 0.15) is 12.8 Å². The molecule has 0 aromatic rings. The van der Waals surface area contributed by atoms with E-state index in [4.69, 9.17) is 9.84 Å². The Bertz CT molecular complexity index is 44.3. The normalized spacial score (nSPS) is 10.0. The van der Waals surface area contributed by atoms with Gasteiger partial charge in [-0.15, -0.1) is 0 Å². The third-order valence-electron chi connectivity index (χ3n) is 0.918. The Morgan fingerprint density at radius 1 is 1.22 bits per heavy atom. The molecule has 0 radical (unpaired) electrons. The lowest BCUT2D eigenvalue weighted by molar-refractivity contribution is 0.140.